The molecule has 0 saturated carbocycles. The molecular formula is C20H28ClN5O. The molecule has 1 aromatic carbocycles. The molecule has 1 aliphatic heterocycles. The zero-order chi connectivity index (χ0) is 19.6. The van der Waals surface area contributed by atoms with Crippen LogP contribution < -0.4 is 0 Å². The van der Waals surface area contributed by atoms with Gasteiger partial charge in [0.25, 0.3) is 5.91 Å². The highest BCUT2D eigenvalue weighted by atomic mass is 35.5. The molecule has 0 atom stereocenters. The van der Waals surface area contributed by atoms with Crippen molar-refractivity contribution in [2.45, 2.75) is 34.1 Å². The highest BCUT2D eigenvalue weighted by Crippen LogP contribution is 2.20. The van der Waals surface area contributed by atoms with Gasteiger partial charge in [-0.2, -0.15) is 0 Å². The minimum Gasteiger partial charge on any atom is -0.333 e. The van der Waals surface area contributed by atoms with Crippen LogP contribution >= 0.6 is 11.6 Å². The fourth-order valence-electron chi connectivity index (χ4n) is 3.12. The number of nitrogens with zero attached hydrogens (tertiary/aromatic N) is 5. The largest absolute Gasteiger partial charge is 0.333 e. The summed E-state index contributed by atoms with van der Waals surface area (Å²) in [7, 11) is 0. The number of aryl methyl sites for hydroxylation is 1. The quantitative estimate of drug-likeness (QED) is 0.803. The van der Waals surface area contributed by atoms with E-state index in [2.05, 4.69) is 35.8 Å². The maximum absolute atomic E-state index is 12.8. The molecule has 1 saturated heterocycles. The molecule has 27 heavy (non-hydrogen) atoms. The molecule has 2 aromatic rings. The Labute approximate surface area is 166 Å². The van der Waals surface area contributed by atoms with Gasteiger partial charge in [-0.05, 0) is 49.6 Å². The van der Waals surface area contributed by atoms with Gasteiger partial charge in [-0.25, -0.2) is 9.67 Å². The molecule has 1 amide bonds. The van der Waals surface area contributed by atoms with E-state index in [1.807, 2.05) is 24.0 Å². The van der Waals surface area contributed by atoms with Crippen molar-refractivity contribution < 1.29 is 4.79 Å². The molecule has 1 fully saturated rings. The molecule has 0 N–H and O–H groups in total. The van der Waals surface area contributed by atoms with E-state index in [0.717, 1.165) is 44.8 Å². The molecule has 6 nitrogen and oxygen atoms in total. The first-order valence-electron chi connectivity index (χ1n) is 9.44. The second-order valence-corrected chi connectivity index (χ2v) is 8.75. The van der Waals surface area contributed by atoms with E-state index in [1.54, 1.807) is 16.8 Å². The molecular weight excluding hydrogens is 362 g/mol. The first kappa shape index (κ1) is 19.8. The number of amides is 1. The van der Waals surface area contributed by atoms with Gasteiger partial charge in [0, 0.05) is 31.2 Å². The summed E-state index contributed by atoms with van der Waals surface area (Å²) in [6.45, 7) is 13.0. The van der Waals surface area contributed by atoms with Crippen molar-refractivity contribution in [3.05, 3.63) is 40.9 Å². The summed E-state index contributed by atoms with van der Waals surface area (Å²) in [5.41, 5.74) is 1.18. The number of benzene rings is 1. The number of hydrogen-bond donors (Lipinski definition) is 0. The normalized spacial score (nSPS) is 16.0. The van der Waals surface area contributed by atoms with E-state index >= 15 is 0 Å². The minimum absolute atomic E-state index is 0.0960. The van der Waals surface area contributed by atoms with E-state index in [0.29, 0.717) is 16.3 Å². The van der Waals surface area contributed by atoms with Crippen molar-refractivity contribution in [1.29, 1.82) is 0 Å². The van der Waals surface area contributed by atoms with E-state index in [9.17, 15) is 4.79 Å². The van der Waals surface area contributed by atoms with Gasteiger partial charge in [0.05, 0.1) is 5.69 Å². The van der Waals surface area contributed by atoms with Gasteiger partial charge in [-0.1, -0.05) is 32.4 Å². The van der Waals surface area contributed by atoms with Crippen LogP contribution in [0.25, 0.3) is 5.69 Å². The Hall–Kier alpha value is -1.92. The van der Waals surface area contributed by atoms with Crippen molar-refractivity contribution in [2.75, 3.05) is 32.7 Å². The summed E-state index contributed by atoms with van der Waals surface area (Å²) < 4.78 is 1.68. The zero-order valence-electron chi connectivity index (χ0n) is 16.6. The molecule has 146 valence electrons. The van der Waals surface area contributed by atoms with Crippen LogP contribution in [0.5, 0.6) is 0 Å². The highest BCUT2D eigenvalue weighted by molar-refractivity contribution is 6.30. The van der Waals surface area contributed by atoms with Gasteiger partial charge < -0.3 is 4.90 Å². The summed E-state index contributed by atoms with van der Waals surface area (Å²) >= 11 is 5.95. The monoisotopic (exact) mass is 389 g/mol. The summed E-state index contributed by atoms with van der Waals surface area (Å²) in [5, 5.41) is 5.09. The Kier molecular flexibility index (Phi) is 5.86. The van der Waals surface area contributed by atoms with Gasteiger partial charge in [-0.15, -0.1) is 5.10 Å². The summed E-state index contributed by atoms with van der Waals surface area (Å²) in [6.07, 6.45) is 1.16. The second kappa shape index (κ2) is 7.98. The lowest BCUT2D eigenvalue weighted by atomic mass is 9.92. The maximum atomic E-state index is 12.8. The van der Waals surface area contributed by atoms with Crippen LogP contribution in [-0.2, 0) is 0 Å². The lowest BCUT2D eigenvalue weighted by Gasteiger charge is -2.35. The maximum Gasteiger partial charge on any atom is 0.293 e. The third-order valence-corrected chi connectivity index (χ3v) is 5.12. The van der Waals surface area contributed by atoms with Gasteiger partial charge in [0.15, 0.2) is 0 Å². The van der Waals surface area contributed by atoms with Gasteiger partial charge in [0.1, 0.15) is 5.82 Å². The van der Waals surface area contributed by atoms with E-state index in [1.165, 1.54) is 0 Å². The van der Waals surface area contributed by atoms with Crippen molar-refractivity contribution in [1.82, 2.24) is 24.6 Å². The van der Waals surface area contributed by atoms with Crippen molar-refractivity contribution in [3.8, 4) is 5.69 Å². The average molecular weight is 390 g/mol. The minimum atomic E-state index is -0.0960. The van der Waals surface area contributed by atoms with Gasteiger partial charge in [0.2, 0.25) is 5.82 Å². The number of piperazine rings is 1. The standard InChI is InChI=1S/C20H28ClN5O/c1-15-22-18(23-26(15)17-7-5-16(21)6-8-17)19(27)25-13-11-24(12-14-25)10-9-20(2,3)4/h5-8H,9-14H2,1-4H3. The molecule has 1 aliphatic rings. The Balaban J connectivity index is 1.62. The molecule has 3 rings (SSSR count). The zero-order valence-corrected chi connectivity index (χ0v) is 17.3. The first-order chi connectivity index (χ1) is 12.7. The van der Waals surface area contributed by atoms with E-state index < -0.39 is 0 Å². The molecule has 0 radical (unpaired) electrons. The lowest BCUT2D eigenvalue weighted by Crippen LogP contribution is -2.49. The van der Waals surface area contributed by atoms with Crippen LogP contribution in [0.1, 0.15) is 43.6 Å². The summed E-state index contributed by atoms with van der Waals surface area (Å²) in [6, 6.07) is 7.34. The molecule has 2 heterocycles. The first-order valence-corrected chi connectivity index (χ1v) is 9.82. The predicted molar refractivity (Wildman–Crippen MR) is 108 cm³/mol. The van der Waals surface area contributed by atoms with Gasteiger partial charge >= 0.3 is 0 Å². The van der Waals surface area contributed by atoms with Crippen molar-refractivity contribution in [3.63, 3.8) is 0 Å². The number of carbonyl (C=O) groups is 1. The molecule has 0 unspecified atom stereocenters. The Bertz CT molecular complexity index is 786. The second-order valence-electron chi connectivity index (χ2n) is 8.32. The van der Waals surface area contributed by atoms with Crippen LogP contribution in [0.15, 0.2) is 24.3 Å². The predicted octanol–water partition coefficient (Wildman–Crippen LogP) is 3.42. The third kappa shape index (κ3) is 5.08. The SMILES string of the molecule is Cc1nc(C(=O)N2CCN(CCC(C)(C)C)CC2)nn1-c1ccc(Cl)cc1. The third-order valence-electron chi connectivity index (χ3n) is 4.87. The van der Waals surface area contributed by atoms with Crippen LogP contribution in [0.4, 0.5) is 0 Å². The van der Waals surface area contributed by atoms with Crippen molar-refractivity contribution in [2.24, 2.45) is 5.41 Å². The Morgan fingerprint density at radius 2 is 1.74 bits per heavy atom. The van der Waals surface area contributed by atoms with E-state index in [4.69, 9.17) is 11.6 Å². The number of hydrogen-bond acceptors (Lipinski definition) is 4. The topological polar surface area (TPSA) is 54.3 Å². The van der Waals surface area contributed by atoms with Crippen LogP contribution in [0, 0.1) is 12.3 Å². The molecule has 0 spiro atoms. The average Bonchev–Trinajstić information content (AvgIpc) is 3.01. The summed E-state index contributed by atoms with van der Waals surface area (Å²) in [4.78, 5) is 21.5. The number of aromatic nitrogens is 3. The Morgan fingerprint density at radius 3 is 2.33 bits per heavy atom. The number of rotatable bonds is 4. The van der Waals surface area contributed by atoms with Gasteiger partial charge in [-0.3, -0.25) is 9.69 Å². The lowest BCUT2D eigenvalue weighted by molar-refractivity contribution is 0.0611. The number of halogens is 1. The molecule has 0 aliphatic carbocycles. The van der Waals surface area contributed by atoms with Crippen molar-refractivity contribution >= 4 is 17.5 Å². The van der Waals surface area contributed by atoms with E-state index in [-0.39, 0.29) is 11.7 Å². The Morgan fingerprint density at radius 1 is 1.11 bits per heavy atom. The molecule has 1 aromatic heterocycles. The summed E-state index contributed by atoms with van der Waals surface area (Å²) in [5.74, 6) is 0.844. The fraction of sp³-hybridized carbons (Fsp3) is 0.550. The fourth-order valence-corrected chi connectivity index (χ4v) is 3.24. The highest BCUT2D eigenvalue weighted by Gasteiger charge is 2.26. The van der Waals surface area contributed by atoms with Crippen LogP contribution in [0.2, 0.25) is 5.02 Å². The molecule has 0 bridgehead atoms. The number of carbonyl (C=O) groups excluding carboxylic acids is 1. The molecule has 7 heteroatoms. The van der Waals surface area contributed by atoms with Crippen LogP contribution in [0.3, 0.4) is 0 Å². The smallest absolute Gasteiger partial charge is 0.293 e. The van der Waals surface area contributed by atoms with Crippen LogP contribution in [-0.4, -0.2) is 63.2 Å².